The van der Waals surface area contributed by atoms with Crippen molar-refractivity contribution < 1.29 is 0 Å². The van der Waals surface area contributed by atoms with Crippen molar-refractivity contribution >= 4 is 22.1 Å². The number of pyridine rings is 1. The molecule has 0 atom stereocenters. The molecule has 1 aliphatic rings. The minimum absolute atomic E-state index is 0.487. The first kappa shape index (κ1) is 12.4. The number of hydrogen-bond acceptors (Lipinski definition) is 3. The molecule has 2 N–H and O–H groups in total. The molecule has 0 bridgehead atoms. The van der Waals surface area contributed by atoms with Gasteiger partial charge < -0.3 is 9.97 Å². The Balaban J connectivity index is 1.64. The van der Waals surface area contributed by atoms with Gasteiger partial charge in [0.2, 0.25) is 0 Å². The first-order valence-corrected chi connectivity index (χ1v) is 7.54. The molecule has 0 spiro atoms. The highest BCUT2D eigenvalue weighted by Crippen LogP contribution is 2.36. The van der Waals surface area contributed by atoms with E-state index in [-0.39, 0.29) is 0 Å². The summed E-state index contributed by atoms with van der Waals surface area (Å²) in [6.07, 6.45) is 8.96. The third-order valence-corrected chi connectivity index (χ3v) is 4.67. The van der Waals surface area contributed by atoms with Crippen LogP contribution in [0.5, 0.6) is 0 Å². The van der Waals surface area contributed by atoms with E-state index >= 15 is 0 Å². The second-order valence-electron chi connectivity index (χ2n) is 5.96. The fraction of sp³-hybridized carbons (Fsp3) is 0.438. The molecule has 3 aromatic rings. The van der Waals surface area contributed by atoms with Crippen molar-refractivity contribution in [1.29, 1.82) is 5.26 Å². The van der Waals surface area contributed by atoms with Crippen LogP contribution < -0.4 is 0 Å². The van der Waals surface area contributed by atoms with E-state index in [1.807, 2.05) is 18.5 Å². The second-order valence-corrected chi connectivity index (χ2v) is 5.96. The number of aromatic amines is 2. The minimum Gasteiger partial charge on any atom is -0.346 e. The smallest absolute Gasteiger partial charge is 0.139 e. The van der Waals surface area contributed by atoms with Gasteiger partial charge in [0.1, 0.15) is 17.0 Å². The van der Waals surface area contributed by atoms with Crippen LogP contribution in [-0.2, 0) is 0 Å². The molecule has 5 nitrogen and oxygen atoms in total. The molecule has 3 aromatic heterocycles. The Morgan fingerprint density at radius 2 is 2.14 bits per heavy atom. The SMILES string of the molecule is N#CCC1CCC(c2nc3c(cnc4[nH]ccc43)[nH]2)CC1. The molecule has 3 heterocycles. The predicted octanol–water partition coefficient (Wildman–Crippen LogP) is 3.63. The van der Waals surface area contributed by atoms with Crippen LogP contribution in [0, 0.1) is 17.2 Å². The first-order valence-electron chi connectivity index (χ1n) is 7.54. The maximum absolute atomic E-state index is 8.80. The summed E-state index contributed by atoms with van der Waals surface area (Å²) in [5.41, 5.74) is 2.91. The number of hydrogen-bond donors (Lipinski definition) is 2. The molecule has 0 unspecified atom stereocenters. The summed E-state index contributed by atoms with van der Waals surface area (Å²) < 4.78 is 0. The van der Waals surface area contributed by atoms with E-state index in [1.54, 1.807) is 0 Å². The predicted molar refractivity (Wildman–Crippen MR) is 80.7 cm³/mol. The Labute approximate surface area is 122 Å². The lowest BCUT2D eigenvalue weighted by Gasteiger charge is -2.25. The first-order chi connectivity index (χ1) is 10.3. The molecule has 0 amide bonds. The van der Waals surface area contributed by atoms with E-state index in [9.17, 15) is 0 Å². The molecular formula is C16H17N5. The minimum atomic E-state index is 0.487. The summed E-state index contributed by atoms with van der Waals surface area (Å²) in [7, 11) is 0. The van der Waals surface area contributed by atoms with Crippen LogP contribution in [0.25, 0.3) is 22.1 Å². The Bertz CT molecular complexity index is 814. The van der Waals surface area contributed by atoms with Crippen molar-refractivity contribution in [2.24, 2.45) is 5.92 Å². The molecule has 1 aliphatic carbocycles. The van der Waals surface area contributed by atoms with Gasteiger partial charge in [0.25, 0.3) is 0 Å². The van der Waals surface area contributed by atoms with E-state index in [4.69, 9.17) is 10.2 Å². The van der Waals surface area contributed by atoms with Gasteiger partial charge in [-0.2, -0.15) is 5.26 Å². The van der Waals surface area contributed by atoms with E-state index in [2.05, 4.69) is 21.0 Å². The molecule has 0 radical (unpaired) electrons. The average Bonchev–Trinajstić information content (AvgIpc) is 3.14. The number of nitriles is 1. The van der Waals surface area contributed by atoms with Crippen LogP contribution in [0.15, 0.2) is 18.5 Å². The third kappa shape index (κ3) is 2.07. The summed E-state index contributed by atoms with van der Waals surface area (Å²) in [5.74, 6) is 2.14. The van der Waals surface area contributed by atoms with Crippen molar-refractivity contribution in [2.45, 2.75) is 38.0 Å². The molecule has 0 aliphatic heterocycles. The number of nitrogens with one attached hydrogen (secondary N) is 2. The Hall–Kier alpha value is -2.35. The Morgan fingerprint density at radius 1 is 1.29 bits per heavy atom. The number of fused-ring (bicyclic) bond motifs is 3. The van der Waals surface area contributed by atoms with Gasteiger partial charge in [0.05, 0.1) is 17.8 Å². The number of imidazole rings is 1. The topological polar surface area (TPSA) is 81.2 Å². The number of aromatic nitrogens is 4. The Morgan fingerprint density at radius 3 is 2.95 bits per heavy atom. The monoisotopic (exact) mass is 279 g/mol. The summed E-state index contributed by atoms with van der Waals surface area (Å²) in [5, 5.41) is 9.88. The van der Waals surface area contributed by atoms with Crippen LogP contribution in [0.2, 0.25) is 0 Å². The molecule has 1 fully saturated rings. The third-order valence-electron chi connectivity index (χ3n) is 4.67. The summed E-state index contributed by atoms with van der Waals surface area (Å²) >= 11 is 0. The van der Waals surface area contributed by atoms with Gasteiger partial charge in [-0.1, -0.05) is 0 Å². The average molecular weight is 279 g/mol. The second kappa shape index (κ2) is 4.88. The van der Waals surface area contributed by atoms with Gasteiger partial charge in [0, 0.05) is 23.9 Å². The fourth-order valence-electron chi connectivity index (χ4n) is 3.45. The molecular weight excluding hydrogens is 262 g/mol. The Kier molecular flexibility index (Phi) is 2.88. The lowest BCUT2D eigenvalue weighted by atomic mass is 9.80. The zero-order valence-electron chi connectivity index (χ0n) is 11.8. The molecule has 21 heavy (non-hydrogen) atoms. The van der Waals surface area contributed by atoms with Gasteiger partial charge in [-0.3, -0.25) is 0 Å². The molecule has 0 aromatic carbocycles. The molecule has 106 valence electrons. The lowest BCUT2D eigenvalue weighted by molar-refractivity contribution is 0.324. The zero-order valence-corrected chi connectivity index (χ0v) is 11.8. The van der Waals surface area contributed by atoms with Gasteiger partial charge in [-0.25, -0.2) is 9.97 Å². The highest BCUT2D eigenvalue weighted by Gasteiger charge is 2.24. The van der Waals surface area contributed by atoms with E-state index in [1.165, 1.54) is 0 Å². The summed E-state index contributed by atoms with van der Waals surface area (Å²) in [6, 6.07) is 4.32. The maximum Gasteiger partial charge on any atom is 0.139 e. The van der Waals surface area contributed by atoms with Crippen molar-refractivity contribution in [2.75, 3.05) is 0 Å². The quantitative estimate of drug-likeness (QED) is 0.751. The summed E-state index contributed by atoms with van der Waals surface area (Å²) in [4.78, 5) is 15.8. The standard InChI is InChI=1S/C16H17N5/c17-7-5-10-1-3-11(4-2-10)15-20-13-9-19-16-12(6-8-18-16)14(13)21-15/h6,8-11H,1-5H2,(H,18,19)(H,20,21). The van der Waals surface area contributed by atoms with Crippen molar-refractivity contribution in [3.8, 4) is 6.07 Å². The van der Waals surface area contributed by atoms with E-state index < -0.39 is 0 Å². The van der Waals surface area contributed by atoms with Gasteiger partial charge in [-0.15, -0.1) is 0 Å². The number of rotatable bonds is 2. The molecule has 5 heteroatoms. The van der Waals surface area contributed by atoms with Gasteiger partial charge >= 0.3 is 0 Å². The van der Waals surface area contributed by atoms with E-state index in [0.29, 0.717) is 18.3 Å². The summed E-state index contributed by atoms with van der Waals surface area (Å²) in [6.45, 7) is 0. The maximum atomic E-state index is 8.80. The van der Waals surface area contributed by atoms with Crippen molar-refractivity contribution in [3.63, 3.8) is 0 Å². The number of H-pyrrole nitrogens is 2. The highest BCUT2D eigenvalue weighted by atomic mass is 15.0. The van der Waals surface area contributed by atoms with Crippen LogP contribution >= 0.6 is 0 Å². The van der Waals surface area contributed by atoms with Crippen LogP contribution in [0.1, 0.15) is 43.8 Å². The van der Waals surface area contributed by atoms with Crippen molar-refractivity contribution in [3.05, 3.63) is 24.3 Å². The van der Waals surface area contributed by atoms with Crippen molar-refractivity contribution in [1.82, 2.24) is 19.9 Å². The van der Waals surface area contributed by atoms with Gasteiger partial charge in [0.15, 0.2) is 0 Å². The molecule has 4 rings (SSSR count). The fourth-order valence-corrected chi connectivity index (χ4v) is 3.45. The molecule has 0 saturated heterocycles. The van der Waals surface area contributed by atoms with Crippen LogP contribution in [0.3, 0.4) is 0 Å². The van der Waals surface area contributed by atoms with Crippen LogP contribution in [0.4, 0.5) is 0 Å². The normalized spacial score (nSPS) is 22.6. The number of nitrogens with zero attached hydrogens (tertiary/aromatic N) is 3. The van der Waals surface area contributed by atoms with E-state index in [0.717, 1.165) is 53.6 Å². The largest absolute Gasteiger partial charge is 0.346 e. The van der Waals surface area contributed by atoms with Crippen LogP contribution in [-0.4, -0.2) is 19.9 Å². The zero-order chi connectivity index (χ0) is 14.2. The highest BCUT2D eigenvalue weighted by molar-refractivity contribution is 6.00. The van der Waals surface area contributed by atoms with Gasteiger partial charge in [-0.05, 0) is 37.7 Å². The lowest BCUT2D eigenvalue weighted by Crippen LogP contribution is -2.13. The molecule has 1 saturated carbocycles.